The average Bonchev–Trinajstić information content (AvgIpc) is 3.17. The monoisotopic (exact) mass is 413 g/mol. The van der Waals surface area contributed by atoms with Crippen molar-refractivity contribution in [3.63, 3.8) is 0 Å². The van der Waals surface area contributed by atoms with Gasteiger partial charge in [0.05, 0.1) is 11.6 Å². The highest BCUT2D eigenvalue weighted by Gasteiger charge is 2.35. The lowest BCUT2D eigenvalue weighted by Crippen LogP contribution is -2.49. The number of carbonyl (C=O) groups is 1. The fraction of sp³-hybridized carbons (Fsp3) is 0.269. The molecule has 31 heavy (non-hydrogen) atoms. The normalized spacial score (nSPS) is 16.1. The maximum absolute atomic E-state index is 13.2. The standard InChI is InChI=1S/C26H27N3O2/c27-13-18-31-24-12-6-5-11-23(24)26(30)29-16-14-28(15-17-29)25-21-9-3-1-7-19(21)20-8-2-4-10-22(20)25/h1-12,25H,13-18,27H2. The predicted molar refractivity (Wildman–Crippen MR) is 122 cm³/mol. The zero-order chi connectivity index (χ0) is 21.2. The fourth-order valence-electron chi connectivity index (χ4n) is 4.81. The van der Waals surface area contributed by atoms with Gasteiger partial charge in [-0.15, -0.1) is 0 Å². The van der Waals surface area contributed by atoms with Crippen LogP contribution in [0.4, 0.5) is 0 Å². The van der Waals surface area contributed by atoms with Gasteiger partial charge in [0, 0.05) is 32.7 Å². The first-order valence-electron chi connectivity index (χ1n) is 10.9. The minimum atomic E-state index is 0.0273. The first-order valence-corrected chi connectivity index (χ1v) is 10.9. The second kappa shape index (κ2) is 8.53. The molecule has 3 aromatic rings. The molecule has 1 aliphatic heterocycles. The molecule has 0 spiro atoms. The Balaban J connectivity index is 1.33. The summed E-state index contributed by atoms with van der Waals surface area (Å²) in [5.74, 6) is 0.638. The van der Waals surface area contributed by atoms with Gasteiger partial charge in [-0.1, -0.05) is 60.7 Å². The summed E-state index contributed by atoms with van der Waals surface area (Å²) in [7, 11) is 0. The molecule has 0 aromatic heterocycles. The van der Waals surface area contributed by atoms with Crippen LogP contribution in [0.5, 0.6) is 5.75 Å². The lowest BCUT2D eigenvalue weighted by molar-refractivity contribution is 0.0596. The van der Waals surface area contributed by atoms with Gasteiger partial charge in [0.25, 0.3) is 5.91 Å². The Morgan fingerprint density at radius 2 is 1.42 bits per heavy atom. The molecular weight excluding hydrogens is 386 g/mol. The maximum atomic E-state index is 13.2. The summed E-state index contributed by atoms with van der Waals surface area (Å²) in [6.07, 6.45) is 0. The van der Waals surface area contributed by atoms with Gasteiger partial charge in [-0.05, 0) is 34.4 Å². The molecule has 2 aliphatic rings. The van der Waals surface area contributed by atoms with E-state index in [2.05, 4.69) is 53.4 Å². The smallest absolute Gasteiger partial charge is 0.257 e. The first-order chi connectivity index (χ1) is 15.3. The number of fused-ring (bicyclic) bond motifs is 3. The van der Waals surface area contributed by atoms with Crippen LogP contribution in [-0.2, 0) is 0 Å². The third-order valence-electron chi connectivity index (χ3n) is 6.26. The van der Waals surface area contributed by atoms with Crippen molar-refractivity contribution in [2.45, 2.75) is 6.04 Å². The molecule has 0 atom stereocenters. The summed E-state index contributed by atoms with van der Waals surface area (Å²) in [4.78, 5) is 17.6. The zero-order valence-corrected chi connectivity index (χ0v) is 17.5. The van der Waals surface area contributed by atoms with E-state index in [0.717, 1.165) is 13.1 Å². The Kier molecular flexibility index (Phi) is 5.45. The highest BCUT2D eigenvalue weighted by molar-refractivity contribution is 5.97. The molecule has 2 N–H and O–H groups in total. The molecule has 0 saturated carbocycles. The summed E-state index contributed by atoms with van der Waals surface area (Å²) in [5, 5.41) is 0. The van der Waals surface area contributed by atoms with E-state index in [-0.39, 0.29) is 11.9 Å². The fourth-order valence-corrected chi connectivity index (χ4v) is 4.81. The van der Waals surface area contributed by atoms with E-state index in [9.17, 15) is 4.79 Å². The highest BCUT2D eigenvalue weighted by Crippen LogP contribution is 2.46. The van der Waals surface area contributed by atoms with Crippen LogP contribution in [0.3, 0.4) is 0 Å². The van der Waals surface area contributed by atoms with Crippen LogP contribution < -0.4 is 10.5 Å². The zero-order valence-electron chi connectivity index (χ0n) is 17.5. The largest absolute Gasteiger partial charge is 0.491 e. The summed E-state index contributed by atoms with van der Waals surface area (Å²) < 4.78 is 5.70. The van der Waals surface area contributed by atoms with E-state index in [4.69, 9.17) is 10.5 Å². The topological polar surface area (TPSA) is 58.8 Å². The van der Waals surface area contributed by atoms with Crippen molar-refractivity contribution in [3.8, 4) is 16.9 Å². The molecule has 1 saturated heterocycles. The number of para-hydroxylation sites is 1. The third-order valence-corrected chi connectivity index (χ3v) is 6.26. The molecule has 158 valence electrons. The number of nitrogens with zero attached hydrogens (tertiary/aromatic N) is 2. The van der Waals surface area contributed by atoms with Gasteiger partial charge in [0.2, 0.25) is 0 Å². The van der Waals surface area contributed by atoms with Gasteiger partial charge in [-0.2, -0.15) is 0 Å². The lowest BCUT2D eigenvalue weighted by atomic mass is 10.0. The highest BCUT2D eigenvalue weighted by atomic mass is 16.5. The van der Waals surface area contributed by atoms with Crippen molar-refractivity contribution >= 4 is 5.91 Å². The van der Waals surface area contributed by atoms with Crippen molar-refractivity contribution in [2.24, 2.45) is 5.73 Å². The van der Waals surface area contributed by atoms with E-state index in [1.54, 1.807) is 0 Å². The number of amides is 1. The van der Waals surface area contributed by atoms with E-state index < -0.39 is 0 Å². The number of nitrogens with two attached hydrogens (primary N) is 1. The van der Waals surface area contributed by atoms with Crippen LogP contribution in [0, 0.1) is 0 Å². The Bertz CT molecular complexity index is 1040. The van der Waals surface area contributed by atoms with Crippen LogP contribution in [0.15, 0.2) is 72.8 Å². The molecular formula is C26H27N3O2. The second-order valence-electron chi connectivity index (χ2n) is 8.04. The van der Waals surface area contributed by atoms with E-state index in [1.807, 2.05) is 29.2 Å². The van der Waals surface area contributed by atoms with E-state index >= 15 is 0 Å². The van der Waals surface area contributed by atoms with Crippen molar-refractivity contribution in [2.75, 3.05) is 39.3 Å². The Morgan fingerprint density at radius 1 is 0.839 bits per heavy atom. The van der Waals surface area contributed by atoms with Gasteiger partial charge in [-0.3, -0.25) is 9.69 Å². The van der Waals surface area contributed by atoms with Crippen LogP contribution in [-0.4, -0.2) is 55.0 Å². The van der Waals surface area contributed by atoms with Gasteiger partial charge >= 0.3 is 0 Å². The lowest BCUT2D eigenvalue weighted by Gasteiger charge is -2.39. The first kappa shape index (κ1) is 19.8. The average molecular weight is 414 g/mol. The molecule has 0 bridgehead atoms. The Morgan fingerprint density at radius 3 is 2.06 bits per heavy atom. The van der Waals surface area contributed by atoms with Crippen LogP contribution >= 0.6 is 0 Å². The van der Waals surface area contributed by atoms with Crippen molar-refractivity contribution in [3.05, 3.63) is 89.5 Å². The quantitative estimate of drug-likeness (QED) is 0.695. The number of hydrogen-bond donors (Lipinski definition) is 1. The van der Waals surface area contributed by atoms with Crippen molar-refractivity contribution in [1.82, 2.24) is 9.80 Å². The van der Waals surface area contributed by atoms with Crippen LogP contribution in [0.25, 0.3) is 11.1 Å². The summed E-state index contributed by atoms with van der Waals surface area (Å²) in [5.41, 5.74) is 11.6. The van der Waals surface area contributed by atoms with Gasteiger partial charge < -0.3 is 15.4 Å². The molecule has 5 nitrogen and oxygen atoms in total. The molecule has 1 amide bonds. The number of hydrogen-bond acceptors (Lipinski definition) is 4. The summed E-state index contributed by atoms with van der Waals surface area (Å²) >= 11 is 0. The van der Waals surface area contributed by atoms with Gasteiger partial charge in [0.1, 0.15) is 12.4 Å². The van der Waals surface area contributed by atoms with Crippen LogP contribution in [0.1, 0.15) is 27.5 Å². The predicted octanol–water partition coefficient (Wildman–Crippen LogP) is 3.55. The molecule has 5 heteroatoms. The minimum absolute atomic E-state index is 0.0273. The number of rotatable bonds is 5. The second-order valence-corrected chi connectivity index (χ2v) is 8.04. The molecule has 0 unspecified atom stereocenters. The SMILES string of the molecule is NCCOc1ccccc1C(=O)N1CCN(C2c3ccccc3-c3ccccc32)CC1. The number of carbonyl (C=O) groups excluding carboxylic acids is 1. The Hall–Kier alpha value is -3.15. The van der Waals surface area contributed by atoms with Crippen LogP contribution in [0.2, 0.25) is 0 Å². The van der Waals surface area contributed by atoms with E-state index in [1.165, 1.54) is 22.3 Å². The van der Waals surface area contributed by atoms with Crippen molar-refractivity contribution < 1.29 is 9.53 Å². The number of ether oxygens (including phenoxy) is 1. The summed E-state index contributed by atoms with van der Waals surface area (Å²) in [6.45, 7) is 3.90. The van der Waals surface area contributed by atoms with Gasteiger partial charge in [-0.25, -0.2) is 0 Å². The number of benzene rings is 3. The maximum Gasteiger partial charge on any atom is 0.257 e. The van der Waals surface area contributed by atoms with E-state index in [0.29, 0.717) is 37.6 Å². The molecule has 1 fully saturated rings. The molecule has 1 heterocycles. The molecule has 5 rings (SSSR count). The van der Waals surface area contributed by atoms with Crippen molar-refractivity contribution in [1.29, 1.82) is 0 Å². The van der Waals surface area contributed by atoms with Gasteiger partial charge in [0.15, 0.2) is 0 Å². The molecule has 0 radical (unpaired) electrons. The third kappa shape index (κ3) is 3.60. The minimum Gasteiger partial charge on any atom is -0.491 e. The molecule has 1 aliphatic carbocycles. The summed E-state index contributed by atoms with van der Waals surface area (Å²) in [6, 6.07) is 25.1. The molecule has 3 aromatic carbocycles. The number of piperazine rings is 1. The Labute approximate surface area is 183 Å².